The summed E-state index contributed by atoms with van der Waals surface area (Å²) >= 11 is 0. The first-order chi connectivity index (χ1) is 6.47. The second kappa shape index (κ2) is 4.43. The summed E-state index contributed by atoms with van der Waals surface area (Å²) in [6.07, 6.45) is 15.9. The van der Waals surface area contributed by atoms with Crippen LogP contribution in [0.15, 0.2) is 36.5 Å². The fourth-order valence-corrected chi connectivity index (χ4v) is 2.12. The highest BCUT2D eigenvalue weighted by Crippen LogP contribution is 2.25. The van der Waals surface area contributed by atoms with E-state index >= 15 is 0 Å². The highest BCUT2D eigenvalue weighted by molar-refractivity contribution is 5.20. The molecule has 1 heteroatoms. The Morgan fingerprint density at radius 3 is 2.08 bits per heavy atom. The van der Waals surface area contributed by atoms with Crippen LogP contribution in [0.2, 0.25) is 0 Å². The Labute approximate surface area is 80.2 Å². The van der Waals surface area contributed by atoms with E-state index in [0.717, 1.165) is 5.92 Å². The molecule has 2 rings (SSSR count). The van der Waals surface area contributed by atoms with Crippen molar-refractivity contribution in [3.05, 3.63) is 36.5 Å². The Morgan fingerprint density at radius 2 is 1.46 bits per heavy atom. The lowest BCUT2D eigenvalue weighted by atomic mass is 9.84. The molecule has 1 N–H and O–H groups in total. The molecule has 1 saturated heterocycles. The molecule has 0 atom stereocenters. The van der Waals surface area contributed by atoms with Gasteiger partial charge < -0.3 is 5.32 Å². The minimum absolute atomic E-state index is 0.664. The molecule has 1 fully saturated rings. The standard InChI is InChI=1S/C12H17N/c1-2-4-6-11(5-3-1)12-7-9-13-10-8-12/h1-6,11-13H,7-10H2. The molecule has 13 heavy (non-hydrogen) atoms. The van der Waals surface area contributed by atoms with E-state index in [1.54, 1.807) is 0 Å². The van der Waals surface area contributed by atoms with Crippen molar-refractivity contribution in [2.75, 3.05) is 13.1 Å². The SMILES string of the molecule is C1=CC=CC(C2CCNCC2)C=C1. The Hall–Kier alpha value is -0.820. The zero-order valence-corrected chi connectivity index (χ0v) is 7.95. The van der Waals surface area contributed by atoms with Crippen LogP contribution in [0.5, 0.6) is 0 Å². The quantitative estimate of drug-likeness (QED) is 0.644. The average molecular weight is 175 g/mol. The third-order valence-corrected chi connectivity index (χ3v) is 2.93. The van der Waals surface area contributed by atoms with Gasteiger partial charge in [-0.15, -0.1) is 0 Å². The summed E-state index contributed by atoms with van der Waals surface area (Å²) in [5, 5.41) is 3.41. The van der Waals surface area contributed by atoms with E-state index in [9.17, 15) is 0 Å². The van der Waals surface area contributed by atoms with Crippen LogP contribution in [0.4, 0.5) is 0 Å². The van der Waals surface area contributed by atoms with Crippen LogP contribution in [0, 0.1) is 11.8 Å². The van der Waals surface area contributed by atoms with Gasteiger partial charge in [-0.25, -0.2) is 0 Å². The van der Waals surface area contributed by atoms with Gasteiger partial charge in [0, 0.05) is 0 Å². The molecule has 0 bridgehead atoms. The van der Waals surface area contributed by atoms with Gasteiger partial charge in [0.15, 0.2) is 0 Å². The predicted molar refractivity (Wildman–Crippen MR) is 56.5 cm³/mol. The molecule has 1 aliphatic heterocycles. The molecule has 0 amide bonds. The summed E-state index contributed by atoms with van der Waals surface area (Å²) in [6, 6.07) is 0. The molecule has 0 aromatic rings. The van der Waals surface area contributed by atoms with E-state index in [2.05, 4.69) is 41.8 Å². The van der Waals surface area contributed by atoms with Crippen LogP contribution in [0.1, 0.15) is 12.8 Å². The summed E-state index contributed by atoms with van der Waals surface area (Å²) in [5.41, 5.74) is 0. The van der Waals surface area contributed by atoms with Gasteiger partial charge >= 0.3 is 0 Å². The molecule has 0 saturated carbocycles. The summed E-state index contributed by atoms with van der Waals surface area (Å²) in [6.45, 7) is 2.38. The van der Waals surface area contributed by atoms with Crippen LogP contribution in [-0.2, 0) is 0 Å². The summed E-state index contributed by atoms with van der Waals surface area (Å²) in [7, 11) is 0. The molecular formula is C12H17N. The number of allylic oxidation sites excluding steroid dienone is 6. The predicted octanol–water partition coefficient (Wildman–Crippen LogP) is 2.28. The van der Waals surface area contributed by atoms with Crippen molar-refractivity contribution < 1.29 is 0 Å². The van der Waals surface area contributed by atoms with Crippen molar-refractivity contribution in [1.82, 2.24) is 5.32 Å². The van der Waals surface area contributed by atoms with Crippen molar-refractivity contribution in [3.63, 3.8) is 0 Å². The summed E-state index contributed by atoms with van der Waals surface area (Å²) < 4.78 is 0. The molecule has 1 nitrogen and oxygen atoms in total. The van der Waals surface area contributed by atoms with Crippen LogP contribution < -0.4 is 5.32 Å². The molecule has 1 heterocycles. The third-order valence-electron chi connectivity index (χ3n) is 2.93. The van der Waals surface area contributed by atoms with Gasteiger partial charge in [0.2, 0.25) is 0 Å². The van der Waals surface area contributed by atoms with E-state index in [4.69, 9.17) is 0 Å². The zero-order valence-electron chi connectivity index (χ0n) is 7.95. The molecular weight excluding hydrogens is 158 g/mol. The average Bonchev–Trinajstić information content (AvgIpc) is 2.47. The van der Waals surface area contributed by atoms with Gasteiger partial charge in [-0.1, -0.05) is 36.5 Å². The van der Waals surface area contributed by atoms with Crippen LogP contribution >= 0.6 is 0 Å². The maximum Gasteiger partial charge on any atom is -0.00180 e. The topological polar surface area (TPSA) is 12.0 Å². The van der Waals surface area contributed by atoms with Gasteiger partial charge in [-0.3, -0.25) is 0 Å². The van der Waals surface area contributed by atoms with E-state index in [1.807, 2.05) is 0 Å². The fraction of sp³-hybridized carbons (Fsp3) is 0.500. The van der Waals surface area contributed by atoms with Gasteiger partial charge in [-0.05, 0) is 37.8 Å². The molecule has 70 valence electrons. The van der Waals surface area contributed by atoms with Crippen molar-refractivity contribution in [3.8, 4) is 0 Å². The highest BCUT2D eigenvalue weighted by Gasteiger charge is 2.19. The maximum absolute atomic E-state index is 3.41. The Morgan fingerprint density at radius 1 is 0.846 bits per heavy atom. The minimum Gasteiger partial charge on any atom is -0.317 e. The minimum atomic E-state index is 0.664. The van der Waals surface area contributed by atoms with Crippen molar-refractivity contribution in [2.45, 2.75) is 12.8 Å². The second-order valence-corrected chi connectivity index (χ2v) is 3.82. The third kappa shape index (κ3) is 2.31. The number of nitrogens with one attached hydrogen (secondary N) is 1. The van der Waals surface area contributed by atoms with Gasteiger partial charge in [0.25, 0.3) is 0 Å². The van der Waals surface area contributed by atoms with E-state index in [-0.39, 0.29) is 0 Å². The largest absolute Gasteiger partial charge is 0.317 e. The van der Waals surface area contributed by atoms with Gasteiger partial charge in [0.1, 0.15) is 0 Å². The zero-order chi connectivity index (χ0) is 8.93. The normalized spacial score (nSPS) is 24.9. The Balaban J connectivity index is 1.98. The monoisotopic (exact) mass is 175 g/mol. The first-order valence-corrected chi connectivity index (χ1v) is 5.19. The summed E-state index contributed by atoms with van der Waals surface area (Å²) in [5.74, 6) is 1.52. The number of hydrogen-bond acceptors (Lipinski definition) is 1. The van der Waals surface area contributed by atoms with Crippen molar-refractivity contribution >= 4 is 0 Å². The first kappa shape index (κ1) is 8.76. The molecule has 2 aliphatic rings. The lowest BCUT2D eigenvalue weighted by molar-refractivity contribution is 0.333. The lowest BCUT2D eigenvalue weighted by Gasteiger charge is -2.26. The van der Waals surface area contributed by atoms with Crippen LogP contribution in [0.25, 0.3) is 0 Å². The van der Waals surface area contributed by atoms with Gasteiger partial charge in [-0.2, -0.15) is 0 Å². The highest BCUT2D eigenvalue weighted by atomic mass is 14.9. The van der Waals surface area contributed by atoms with E-state index in [0.29, 0.717) is 5.92 Å². The number of rotatable bonds is 1. The molecule has 1 aliphatic carbocycles. The maximum atomic E-state index is 3.41. The number of piperidine rings is 1. The number of hydrogen-bond donors (Lipinski definition) is 1. The smallest absolute Gasteiger partial charge is 0.00180 e. The van der Waals surface area contributed by atoms with Crippen LogP contribution in [0.3, 0.4) is 0 Å². The lowest BCUT2D eigenvalue weighted by Crippen LogP contribution is -2.30. The van der Waals surface area contributed by atoms with Crippen molar-refractivity contribution in [2.24, 2.45) is 11.8 Å². The van der Waals surface area contributed by atoms with E-state index < -0.39 is 0 Å². The summed E-state index contributed by atoms with van der Waals surface area (Å²) in [4.78, 5) is 0. The fourth-order valence-electron chi connectivity index (χ4n) is 2.12. The molecule has 0 unspecified atom stereocenters. The van der Waals surface area contributed by atoms with Gasteiger partial charge in [0.05, 0.1) is 0 Å². The molecule has 0 spiro atoms. The van der Waals surface area contributed by atoms with Crippen LogP contribution in [-0.4, -0.2) is 13.1 Å². The first-order valence-electron chi connectivity index (χ1n) is 5.19. The second-order valence-electron chi connectivity index (χ2n) is 3.82. The Bertz CT molecular complexity index is 216. The Kier molecular flexibility index (Phi) is 2.98. The molecule has 0 aromatic heterocycles. The molecule has 0 radical (unpaired) electrons. The van der Waals surface area contributed by atoms with E-state index in [1.165, 1.54) is 25.9 Å². The molecule has 0 aromatic carbocycles. The van der Waals surface area contributed by atoms with Crippen molar-refractivity contribution in [1.29, 1.82) is 0 Å².